The molecule has 1 atom stereocenters. The Morgan fingerprint density at radius 3 is 2.12 bits per heavy atom. The fraction of sp³-hybridized carbons (Fsp3) is 0.462. The number of nitrogens with one attached hydrogen (secondary N) is 2. The quantitative estimate of drug-likeness (QED) is 0.691. The van der Waals surface area contributed by atoms with Crippen LogP contribution in [0.5, 0.6) is 0 Å². The van der Waals surface area contributed by atoms with Gasteiger partial charge in [-0.2, -0.15) is 13.2 Å². The average Bonchev–Trinajstić information content (AvgIpc) is 2.44. The first-order valence-electron chi connectivity index (χ1n) is 6.65. The number of carbonyl (C=O) groups is 1. The van der Waals surface area contributed by atoms with Crippen LogP contribution in [-0.4, -0.2) is 33.1 Å². The monoisotopic (exact) mass is 389 g/mol. The van der Waals surface area contributed by atoms with Crippen LogP contribution in [0, 0.1) is 5.92 Å². The number of rotatable bonds is 6. The fourth-order valence-electron chi connectivity index (χ4n) is 1.51. The van der Waals surface area contributed by atoms with Gasteiger partial charge in [0.1, 0.15) is 6.54 Å². The molecule has 138 valence electrons. The minimum atomic E-state index is -4.64. The summed E-state index contributed by atoms with van der Waals surface area (Å²) in [6.45, 7) is 1.88. The lowest BCUT2D eigenvalue weighted by atomic mass is 10.1. The SMILES string of the molecule is CC(C)[C@H](N)C(=O)Nc1ccc(S(=O)(=O)NCC(F)(F)F)cc1.Cl. The number of benzene rings is 1. The molecule has 0 fully saturated rings. The predicted octanol–water partition coefficient (Wildman–Crippen LogP) is 1.87. The normalized spacial score (nSPS) is 13.3. The molecule has 4 N–H and O–H groups in total. The van der Waals surface area contributed by atoms with Crippen molar-refractivity contribution in [3.05, 3.63) is 24.3 Å². The maximum absolute atomic E-state index is 12.1. The molecule has 0 saturated carbocycles. The Balaban J connectivity index is 0.00000529. The summed E-state index contributed by atoms with van der Waals surface area (Å²) < 4.78 is 61.0. The van der Waals surface area contributed by atoms with Crippen LogP contribution in [0.2, 0.25) is 0 Å². The third-order valence-electron chi connectivity index (χ3n) is 2.92. The Morgan fingerprint density at radius 1 is 1.21 bits per heavy atom. The zero-order chi connectivity index (χ0) is 17.8. The standard InChI is InChI=1S/C13H18F3N3O3S.ClH/c1-8(2)11(17)12(20)19-9-3-5-10(6-4-9)23(21,22)18-7-13(14,15)16;/h3-6,8,11,18H,7,17H2,1-2H3,(H,19,20);1H/t11-;/m0./s1. The van der Waals surface area contributed by atoms with Crippen molar-refractivity contribution in [2.45, 2.75) is 31.0 Å². The zero-order valence-corrected chi connectivity index (χ0v) is 14.6. The van der Waals surface area contributed by atoms with Gasteiger partial charge in [0.25, 0.3) is 0 Å². The summed E-state index contributed by atoms with van der Waals surface area (Å²) in [5, 5.41) is 2.50. The highest BCUT2D eigenvalue weighted by Gasteiger charge is 2.30. The van der Waals surface area contributed by atoms with Crippen LogP contribution in [0.4, 0.5) is 18.9 Å². The summed E-state index contributed by atoms with van der Waals surface area (Å²) in [4.78, 5) is 11.4. The minimum absolute atomic E-state index is 0. The number of hydrogen-bond donors (Lipinski definition) is 3. The first-order valence-corrected chi connectivity index (χ1v) is 8.13. The Morgan fingerprint density at radius 2 is 1.71 bits per heavy atom. The van der Waals surface area contributed by atoms with Crippen molar-refractivity contribution in [2.75, 3.05) is 11.9 Å². The summed E-state index contributed by atoms with van der Waals surface area (Å²) in [5.74, 6) is -0.521. The van der Waals surface area contributed by atoms with E-state index >= 15 is 0 Å². The van der Waals surface area contributed by atoms with E-state index in [0.29, 0.717) is 5.69 Å². The predicted molar refractivity (Wildman–Crippen MR) is 86.4 cm³/mol. The molecular weight excluding hydrogens is 371 g/mol. The van der Waals surface area contributed by atoms with Crippen LogP contribution in [0.15, 0.2) is 29.2 Å². The van der Waals surface area contributed by atoms with E-state index in [2.05, 4.69) is 5.32 Å². The van der Waals surface area contributed by atoms with E-state index in [1.807, 2.05) is 0 Å². The number of carbonyl (C=O) groups excluding carboxylic acids is 1. The van der Waals surface area contributed by atoms with Gasteiger partial charge >= 0.3 is 6.18 Å². The molecule has 0 aromatic heterocycles. The highest BCUT2D eigenvalue weighted by molar-refractivity contribution is 7.89. The maximum Gasteiger partial charge on any atom is 0.402 e. The lowest BCUT2D eigenvalue weighted by Crippen LogP contribution is -2.39. The van der Waals surface area contributed by atoms with Crippen LogP contribution in [0.1, 0.15) is 13.8 Å². The van der Waals surface area contributed by atoms with E-state index < -0.39 is 34.7 Å². The molecule has 0 aliphatic carbocycles. The summed E-state index contributed by atoms with van der Waals surface area (Å²) in [7, 11) is -4.28. The van der Waals surface area contributed by atoms with Crippen molar-refractivity contribution in [2.24, 2.45) is 11.7 Å². The van der Waals surface area contributed by atoms with E-state index in [1.165, 1.54) is 16.9 Å². The molecule has 0 radical (unpaired) electrons. The number of alkyl halides is 3. The van der Waals surface area contributed by atoms with Gasteiger partial charge in [0, 0.05) is 5.69 Å². The zero-order valence-electron chi connectivity index (χ0n) is 12.9. The van der Waals surface area contributed by atoms with Gasteiger partial charge in [-0.25, -0.2) is 13.1 Å². The third-order valence-corrected chi connectivity index (χ3v) is 4.33. The van der Waals surface area contributed by atoms with Crippen molar-refractivity contribution in [3.8, 4) is 0 Å². The van der Waals surface area contributed by atoms with Crippen LogP contribution < -0.4 is 15.8 Å². The molecule has 1 aromatic rings. The minimum Gasteiger partial charge on any atom is -0.325 e. The number of anilines is 1. The highest BCUT2D eigenvalue weighted by atomic mass is 35.5. The lowest BCUT2D eigenvalue weighted by molar-refractivity contribution is -0.121. The smallest absolute Gasteiger partial charge is 0.325 e. The number of sulfonamides is 1. The molecule has 0 aliphatic heterocycles. The van der Waals surface area contributed by atoms with Crippen LogP contribution in [-0.2, 0) is 14.8 Å². The molecule has 1 aromatic carbocycles. The topological polar surface area (TPSA) is 101 Å². The van der Waals surface area contributed by atoms with Crippen molar-refractivity contribution < 1.29 is 26.4 Å². The largest absolute Gasteiger partial charge is 0.402 e. The Hall–Kier alpha value is -1.36. The van der Waals surface area contributed by atoms with Crippen LogP contribution in [0.3, 0.4) is 0 Å². The molecule has 0 heterocycles. The van der Waals surface area contributed by atoms with Gasteiger partial charge in [-0.15, -0.1) is 12.4 Å². The van der Waals surface area contributed by atoms with Gasteiger partial charge in [0.2, 0.25) is 15.9 Å². The van der Waals surface area contributed by atoms with Gasteiger partial charge in [-0.05, 0) is 30.2 Å². The van der Waals surface area contributed by atoms with Crippen molar-refractivity contribution in [3.63, 3.8) is 0 Å². The lowest BCUT2D eigenvalue weighted by Gasteiger charge is -2.15. The molecule has 1 amide bonds. The molecule has 0 spiro atoms. The van der Waals surface area contributed by atoms with Gasteiger partial charge in [0.05, 0.1) is 10.9 Å². The molecular formula is C13H19ClF3N3O3S. The number of nitrogens with two attached hydrogens (primary N) is 1. The summed E-state index contributed by atoms with van der Waals surface area (Å²) in [6, 6.07) is 4.00. The van der Waals surface area contributed by atoms with Crippen molar-refractivity contribution in [1.29, 1.82) is 0 Å². The molecule has 0 aliphatic rings. The summed E-state index contributed by atoms with van der Waals surface area (Å²) in [6.07, 6.45) is -4.64. The molecule has 11 heteroatoms. The first kappa shape index (κ1) is 22.6. The summed E-state index contributed by atoms with van der Waals surface area (Å²) >= 11 is 0. The van der Waals surface area contributed by atoms with Gasteiger partial charge in [0.15, 0.2) is 0 Å². The van der Waals surface area contributed by atoms with Crippen LogP contribution >= 0.6 is 12.4 Å². The Kier molecular flexibility index (Phi) is 8.16. The molecule has 24 heavy (non-hydrogen) atoms. The number of halogens is 4. The van der Waals surface area contributed by atoms with E-state index in [-0.39, 0.29) is 23.2 Å². The highest BCUT2D eigenvalue weighted by Crippen LogP contribution is 2.17. The second kappa shape index (κ2) is 8.65. The molecule has 6 nitrogen and oxygen atoms in total. The van der Waals surface area contributed by atoms with E-state index in [1.54, 1.807) is 13.8 Å². The molecule has 1 rings (SSSR count). The van der Waals surface area contributed by atoms with Gasteiger partial charge < -0.3 is 11.1 Å². The molecule has 0 unspecified atom stereocenters. The summed E-state index contributed by atoms with van der Waals surface area (Å²) in [5.41, 5.74) is 5.96. The van der Waals surface area contributed by atoms with Gasteiger partial charge in [-0.3, -0.25) is 4.79 Å². The second-order valence-electron chi connectivity index (χ2n) is 5.22. The van der Waals surface area contributed by atoms with Crippen molar-refractivity contribution >= 4 is 34.0 Å². The van der Waals surface area contributed by atoms with Gasteiger partial charge in [-0.1, -0.05) is 13.8 Å². The van der Waals surface area contributed by atoms with E-state index in [4.69, 9.17) is 5.73 Å². The third kappa shape index (κ3) is 7.04. The van der Waals surface area contributed by atoms with E-state index in [0.717, 1.165) is 12.1 Å². The first-order chi connectivity index (χ1) is 10.4. The Labute approximate surface area is 144 Å². The van der Waals surface area contributed by atoms with Crippen LogP contribution in [0.25, 0.3) is 0 Å². The number of amides is 1. The van der Waals surface area contributed by atoms with Crippen molar-refractivity contribution in [1.82, 2.24) is 4.72 Å². The second-order valence-corrected chi connectivity index (χ2v) is 6.99. The molecule has 0 bridgehead atoms. The fourth-order valence-corrected chi connectivity index (χ4v) is 2.52. The number of hydrogen-bond acceptors (Lipinski definition) is 4. The Bertz CT molecular complexity index is 649. The average molecular weight is 390 g/mol. The van der Waals surface area contributed by atoms with E-state index in [9.17, 15) is 26.4 Å². The molecule has 0 saturated heterocycles. The maximum atomic E-state index is 12.1.